The van der Waals surface area contributed by atoms with Crippen LogP contribution in [0.15, 0.2) is 47.8 Å². The highest BCUT2D eigenvalue weighted by Gasteiger charge is 2.14. The molecule has 2 aromatic heterocycles. The molecule has 0 aliphatic rings. The second-order valence-corrected chi connectivity index (χ2v) is 9.30. The molecule has 152 valence electrons. The zero-order chi connectivity index (χ0) is 21.3. The van der Waals surface area contributed by atoms with Gasteiger partial charge in [-0.05, 0) is 61.5 Å². The molecule has 7 heteroatoms. The Morgan fingerprint density at radius 2 is 1.77 bits per heavy atom. The van der Waals surface area contributed by atoms with Crippen LogP contribution in [-0.4, -0.2) is 16.8 Å². The normalized spacial score (nSPS) is 10.9. The van der Waals surface area contributed by atoms with Crippen LogP contribution < -0.4 is 10.6 Å². The molecule has 4 rings (SSSR count). The molecule has 0 spiro atoms. The van der Waals surface area contributed by atoms with Gasteiger partial charge in [0.05, 0.1) is 16.6 Å². The first-order valence-electron chi connectivity index (χ1n) is 9.51. The maximum Gasteiger partial charge on any atom is 0.255 e. The number of hydrogen-bond acceptors (Lipinski definition) is 5. The molecule has 2 heterocycles. The van der Waals surface area contributed by atoms with E-state index < -0.39 is 0 Å². The van der Waals surface area contributed by atoms with E-state index in [2.05, 4.69) is 27.8 Å². The molecular weight excluding hydrogens is 414 g/mol. The van der Waals surface area contributed by atoms with Crippen molar-refractivity contribution in [3.8, 4) is 0 Å². The second-order valence-electron chi connectivity index (χ2n) is 7.23. The monoisotopic (exact) mass is 435 g/mol. The third kappa shape index (κ3) is 4.42. The van der Waals surface area contributed by atoms with E-state index in [1.165, 1.54) is 16.9 Å². The summed E-state index contributed by atoms with van der Waals surface area (Å²) in [7, 11) is 0. The number of thiazole rings is 1. The van der Waals surface area contributed by atoms with E-state index >= 15 is 0 Å². The predicted octanol–water partition coefficient (Wildman–Crippen LogP) is 5.72. The summed E-state index contributed by atoms with van der Waals surface area (Å²) < 4.78 is 0.853. The van der Waals surface area contributed by atoms with Crippen molar-refractivity contribution in [2.45, 2.75) is 27.2 Å². The SMILES string of the molecule is Cc1cc(C)c(NC(=O)c2ccc3nc(NC(=O)Cc4cccs4)sc3c2)c(C)c1. The summed E-state index contributed by atoms with van der Waals surface area (Å²) in [5.74, 6) is -0.261. The first-order chi connectivity index (χ1) is 14.4. The molecule has 4 aromatic rings. The Labute approximate surface area is 182 Å². The molecule has 5 nitrogen and oxygen atoms in total. The summed E-state index contributed by atoms with van der Waals surface area (Å²) in [4.78, 5) is 30.5. The summed E-state index contributed by atoms with van der Waals surface area (Å²) in [6.07, 6.45) is 0.330. The van der Waals surface area contributed by atoms with E-state index in [9.17, 15) is 9.59 Å². The van der Waals surface area contributed by atoms with Gasteiger partial charge in [-0.2, -0.15) is 0 Å². The third-order valence-electron chi connectivity index (χ3n) is 4.73. The minimum absolute atomic E-state index is 0.0974. The molecule has 0 aliphatic heterocycles. The van der Waals surface area contributed by atoms with Gasteiger partial charge in [0.1, 0.15) is 0 Å². The fourth-order valence-corrected chi connectivity index (χ4v) is 5.04. The molecule has 2 N–H and O–H groups in total. The molecule has 30 heavy (non-hydrogen) atoms. The minimum atomic E-state index is -0.163. The van der Waals surface area contributed by atoms with E-state index in [4.69, 9.17) is 0 Å². The first-order valence-corrected chi connectivity index (χ1v) is 11.2. The number of rotatable bonds is 5. The third-order valence-corrected chi connectivity index (χ3v) is 6.54. The molecule has 0 saturated heterocycles. The fraction of sp³-hybridized carbons (Fsp3) is 0.174. The Bertz CT molecular complexity index is 1220. The number of amides is 2. The van der Waals surface area contributed by atoms with Gasteiger partial charge in [0.15, 0.2) is 5.13 Å². The van der Waals surface area contributed by atoms with Crippen LogP contribution in [0.2, 0.25) is 0 Å². The lowest BCUT2D eigenvalue weighted by Crippen LogP contribution is -2.13. The Kier molecular flexibility index (Phi) is 5.65. The lowest BCUT2D eigenvalue weighted by atomic mass is 10.0. The first kappa shape index (κ1) is 20.3. The number of thiophene rings is 1. The Morgan fingerprint density at radius 3 is 2.47 bits per heavy atom. The quantitative estimate of drug-likeness (QED) is 0.421. The van der Waals surface area contributed by atoms with Crippen LogP contribution >= 0.6 is 22.7 Å². The zero-order valence-corrected chi connectivity index (χ0v) is 18.5. The van der Waals surface area contributed by atoms with Crippen LogP contribution in [0.4, 0.5) is 10.8 Å². The number of anilines is 2. The van der Waals surface area contributed by atoms with E-state index in [0.29, 0.717) is 17.1 Å². The van der Waals surface area contributed by atoms with Crippen molar-refractivity contribution in [1.29, 1.82) is 0 Å². The topological polar surface area (TPSA) is 71.1 Å². The lowest BCUT2D eigenvalue weighted by molar-refractivity contribution is -0.115. The largest absolute Gasteiger partial charge is 0.322 e. The van der Waals surface area contributed by atoms with Gasteiger partial charge in [-0.1, -0.05) is 35.1 Å². The molecule has 0 atom stereocenters. The van der Waals surface area contributed by atoms with Crippen molar-refractivity contribution in [1.82, 2.24) is 4.98 Å². The fourth-order valence-electron chi connectivity index (χ4n) is 3.42. The van der Waals surface area contributed by atoms with Crippen LogP contribution in [0.5, 0.6) is 0 Å². The molecule has 0 radical (unpaired) electrons. The van der Waals surface area contributed by atoms with Crippen molar-refractivity contribution in [3.63, 3.8) is 0 Å². The highest BCUT2D eigenvalue weighted by Crippen LogP contribution is 2.28. The highest BCUT2D eigenvalue weighted by atomic mass is 32.1. The van der Waals surface area contributed by atoms with Crippen LogP contribution in [0.25, 0.3) is 10.2 Å². The molecule has 0 unspecified atom stereocenters. The van der Waals surface area contributed by atoms with Crippen LogP contribution in [0, 0.1) is 20.8 Å². The molecule has 0 fully saturated rings. The number of aromatic nitrogens is 1. The molecule has 0 saturated carbocycles. The number of benzene rings is 2. The minimum Gasteiger partial charge on any atom is -0.322 e. The average Bonchev–Trinajstić information content (AvgIpc) is 3.32. The Hall–Kier alpha value is -3.03. The molecule has 2 aromatic carbocycles. The van der Waals surface area contributed by atoms with Gasteiger partial charge in [0, 0.05) is 16.1 Å². The van der Waals surface area contributed by atoms with Crippen molar-refractivity contribution in [2.24, 2.45) is 0 Å². The number of fused-ring (bicyclic) bond motifs is 1. The predicted molar refractivity (Wildman–Crippen MR) is 125 cm³/mol. The highest BCUT2D eigenvalue weighted by molar-refractivity contribution is 7.22. The number of aryl methyl sites for hydroxylation is 3. The smallest absolute Gasteiger partial charge is 0.255 e. The number of carbonyl (C=O) groups excluding carboxylic acids is 2. The molecule has 2 amide bonds. The number of hydrogen-bond donors (Lipinski definition) is 2. The van der Waals surface area contributed by atoms with E-state index in [-0.39, 0.29) is 11.8 Å². The van der Waals surface area contributed by atoms with E-state index in [1.54, 1.807) is 17.4 Å². The van der Waals surface area contributed by atoms with Crippen molar-refractivity contribution < 1.29 is 9.59 Å². The standard InChI is InChI=1S/C23H21N3O2S2/c1-13-9-14(2)21(15(3)10-13)26-22(28)16-6-7-18-19(11-16)30-23(24-18)25-20(27)12-17-5-4-8-29-17/h4-11H,12H2,1-3H3,(H,26,28)(H,24,25,27). The number of nitrogens with one attached hydrogen (secondary N) is 2. The van der Waals surface area contributed by atoms with Crippen LogP contribution in [0.1, 0.15) is 31.9 Å². The molecule has 0 bridgehead atoms. The van der Waals surface area contributed by atoms with Gasteiger partial charge in [-0.25, -0.2) is 4.98 Å². The lowest BCUT2D eigenvalue weighted by Gasteiger charge is -2.12. The van der Waals surface area contributed by atoms with Crippen LogP contribution in [-0.2, 0) is 11.2 Å². The van der Waals surface area contributed by atoms with E-state index in [1.807, 2.05) is 50.4 Å². The average molecular weight is 436 g/mol. The summed E-state index contributed by atoms with van der Waals surface area (Å²) in [6.45, 7) is 6.03. The van der Waals surface area contributed by atoms with Crippen molar-refractivity contribution in [2.75, 3.05) is 10.6 Å². The van der Waals surface area contributed by atoms with Gasteiger partial charge >= 0.3 is 0 Å². The summed E-state index contributed by atoms with van der Waals surface area (Å²) in [5, 5.41) is 8.37. The van der Waals surface area contributed by atoms with Gasteiger partial charge < -0.3 is 10.6 Å². The van der Waals surface area contributed by atoms with Gasteiger partial charge in [0.25, 0.3) is 5.91 Å². The van der Waals surface area contributed by atoms with Crippen molar-refractivity contribution >= 4 is 55.5 Å². The van der Waals surface area contributed by atoms with Crippen molar-refractivity contribution in [3.05, 3.63) is 75.0 Å². The van der Waals surface area contributed by atoms with Gasteiger partial charge in [0.2, 0.25) is 5.91 Å². The second kappa shape index (κ2) is 8.38. The zero-order valence-electron chi connectivity index (χ0n) is 16.9. The Morgan fingerprint density at radius 1 is 1.00 bits per heavy atom. The maximum atomic E-state index is 12.8. The summed E-state index contributed by atoms with van der Waals surface area (Å²) in [5.41, 5.74) is 5.40. The van der Waals surface area contributed by atoms with Gasteiger partial charge in [-0.15, -0.1) is 11.3 Å². The summed E-state index contributed by atoms with van der Waals surface area (Å²) >= 11 is 2.92. The van der Waals surface area contributed by atoms with Gasteiger partial charge in [-0.3, -0.25) is 9.59 Å². The molecule has 0 aliphatic carbocycles. The van der Waals surface area contributed by atoms with E-state index in [0.717, 1.165) is 31.9 Å². The number of nitrogens with zero attached hydrogens (tertiary/aromatic N) is 1. The maximum absolute atomic E-state index is 12.8. The summed E-state index contributed by atoms with van der Waals surface area (Å²) in [6, 6.07) is 13.4. The van der Waals surface area contributed by atoms with Crippen LogP contribution in [0.3, 0.4) is 0 Å². The Balaban J connectivity index is 1.51. The number of carbonyl (C=O) groups is 2. The molecular formula is C23H21N3O2S2.